The molecule has 0 bridgehead atoms. The highest BCUT2D eigenvalue weighted by atomic mass is 16.3. The largest absolute Gasteiger partial charge is 0.393 e. The van der Waals surface area contributed by atoms with Crippen LogP contribution in [0.2, 0.25) is 0 Å². The van der Waals surface area contributed by atoms with Crippen LogP contribution >= 0.6 is 0 Å². The molecule has 4 fully saturated rings. The van der Waals surface area contributed by atoms with Crippen molar-refractivity contribution in [1.82, 2.24) is 0 Å². The summed E-state index contributed by atoms with van der Waals surface area (Å²) in [7, 11) is 0. The van der Waals surface area contributed by atoms with Crippen molar-refractivity contribution in [3.05, 3.63) is 23.3 Å². The fourth-order valence-electron chi connectivity index (χ4n) is 9.34. The van der Waals surface area contributed by atoms with Gasteiger partial charge in [0, 0.05) is 6.42 Å². The first-order valence-corrected chi connectivity index (χ1v) is 13.2. The second-order valence-electron chi connectivity index (χ2n) is 12.8. The van der Waals surface area contributed by atoms with Gasteiger partial charge in [-0.1, -0.05) is 44.1 Å². The van der Waals surface area contributed by atoms with Crippen LogP contribution in [0.1, 0.15) is 98.8 Å². The topological polar surface area (TPSA) is 37.3 Å². The van der Waals surface area contributed by atoms with Crippen molar-refractivity contribution in [2.24, 2.45) is 45.8 Å². The number of ketones is 1. The number of Topliss-reactive ketones (excluding diaryl/α,β-unsaturated/α-hetero) is 1. The minimum Gasteiger partial charge on any atom is -0.393 e. The molecule has 0 saturated heterocycles. The molecular formula is C29H44O2. The van der Waals surface area contributed by atoms with Gasteiger partial charge in [0.15, 0.2) is 0 Å². The summed E-state index contributed by atoms with van der Waals surface area (Å²) in [6.07, 6.45) is 16.0. The Morgan fingerprint density at radius 3 is 2.55 bits per heavy atom. The molecule has 8 atom stereocenters. The number of aliphatic hydroxyl groups is 1. The lowest BCUT2D eigenvalue weighted by Crippen LogP contribution is -2.52. The van der Waals surface area contributed by atoms with Crippen molar-refractivity contribution in [1.29, 1.82) is 0 Å². The second-order valence-corrected chi connectivity index (χ2v) is 12.8. The van der Waals surface area contributed by atoms with Crippen molar-refractivity contribution >= 4 is 5.78 Å². The lowest BCUT2D eigenvalue weighted by Gasteiger charge is -2.59. The zero-order valence-electron chi connectivity index (χ0n) is 20.5. The van der Waals surface area contributed by atoms with E-state index in [4.69, 9.17) is 0 Å². The molecule has 0 amide bonds. The highest BCUT2D eigenvalue weighted by molar-refractivity contribution is 5.92. The normalized spacial score (nSPS) is 44.6. The Morgan fingerprint density at radius 1 is 1.13 bits per heavy atom. The van der Waals surface area contributed by atoms with E-state index in [0.29, 0.717) is 23.0 Å². The average molecular weight is 425 g/mol. The molecule has 4 saturated carbocycles. The Morgan fingerprint density at radius 2 is 1.87 bits per heavy atom. The Labute approximate surface area is 190 Å². The average Bonchev–Trinajstić information content (AvgIpc) is 3.44. The van der Waals surface area contributed by atoms with Crippen molar-refractivity contribution in [2.45, 2.75) is 105 Å². The zero-order valence-corrected chi connectivity index (χ0v) is 20.5. The number of allylic oxidation sites excluding steroid dienone is 3. The minimum atomic E-state index is -0.220. The fraction of sp³-hybridized carbons (Fsp3) is 0.828. The lowest BCUT2D eigenvalue weighted by atomic mass is 9.45. The quantitative estimate of drug-likeness (QED) is 0.500. The maximum atomic E-state index is 12.8. The van der Waals surface area contributed by atoms with Gasteiger partial charge in [0.05, 0.1) is 11.5 Å². The highest BCUT2D eigenvalue weighted by Gasteiger charge is 2.65. The molecule has 0 aromatic carbocycles. The fourth-order valence-corrected chi connectivity index (χ4v) is 9.34. The van der Waals surface area contributed by atoms with Gasteiger partial charge in [0.1, 0.15) is 5.78 Å². The molecule has 0 aliphatic heterocycles. The third-order valence-electron chi connectivity index (χ3n) is 11.2. The van der Waals surface area contributed by atoms with Crippen LogP contribution in [0.5, 0.6) is 0 Å². The van der Waals surface area contributed by atoms with E-state index in [1.807, 2.05) is 0 Å². The molecule has 0 heterocycles. The Kier molecular flexibility index (Phi) is 5.17. The van der Waals surface area contributed by atoms with Crippen LogP contribution < -0.4 is 0 Å². The highest BCUT2D eigenvalue weighted by Crippen LogP contribution is 2.72. The number of aliphatic hydroxyl groups excluding tert-OH is 1. The standard InChI is InChI=1S/C29H44O2/c1-18(2)6-10-24(30)19(3)21-8-9-22-20-7-11-25-28(5,23(20)12-14-27(21,22)4)15-13-26(31)29(25)16-17-29/h6,11,19-24,30H,7-10,12-17H2,1-5H3/t19-,20-,21+,22-,23-,24+,27+,28+/m0/s1. The van der Waals surface area contributed by atoms with E-state index < -0.39 is 0 Å². The van der Waals surface area contributed by atoms with E-state index in [1.54, 1.807) is 5.57 Å². The smallest absolute Gasteiger partial charge is 0.143 e. The molecule has 172 valence electrons. The summed E-state index contributed by atoms with van der Waals surface area (Å²) in [6.45, 7) is 11.7. The molecule has 0 unspecified atom stereocenters. The van der Waals surface area contributed by atoms with E-state index in [2.05, 4.69) is 46.8 Å². The number of fused-ring (bicyclic) bond motifs is 6. The van der Waals surface area contributed by atoms with Gasteiger partial charge in [0.25, 0.3) is 0 Å². The monoisotopic (exact) mass is 424 g/mol. The summed E-state index contributed by atoms with van der Waals surface area (Å²) in [4.78, 5) is 12.8. The molecule has 0 aromatic heterocycles. The Balaban J connectivity index is 1.39. The second kappa shape index (κ2) is 7.31. The molecule has 1 spiro atoms. The van der Waals surface area contributed by atoms with Crippen molar-refractivity contribution in [3.8, 4) is 0 Å². The Bertz CT molecular complexity index is 813. The number of carbonyl (C=O) groups is 1. The van der Waals surface area contributed by atoms with E-state index in [-0.39, 0.29) is 16.9 Å². The van der Waals surface area contributed by atoms with Gasteiger partial charge in [-0.3, -0.25) is 4.79 Å². The molecule has 5 aliphatic carbocycles. The van der Waals surface area contributed by atoms with Crippen molar-refractivity contribution in [3.63, 3.8) is 0 Å². The summed E-state index contributed by atoms with van der Waals surface area (Å²) in [5.74, 6) is 3.89. The van der Waals surface area contributed by atoms with Crippen LogP contribution in [0.15, 0.2) is 23.3 Å². The van der Waals surface area contributed by atoms with E-state index >= 15 is 0 Å². The van der Waals surface area contributed by atoms with Gasteiger partial charge in [-0.15, -0.1) is 0 Å². The molecule has 2 heteroatoms. The molecule has 0 radical (unpaired) electrons. The van der Waals surface area contributed by atoms with Gasteiger partial charge in [-0.05, 0) is 112 Å². The van der Waals surface area contributed by atoms with Gasteiger partial charge in [-0.25, -0.2) is 0 Å². The summed E-state index contributed by atoms with van der Waals surface area (Å²) < 4.78 is 0. The molecule has 0 aromatic rings. The summed E-state index contributed by atoms with van der Waals surface area (Å²) in [5.41, 5.74) is 3.48. The van der Waals surface area contributed by atoms with E-state index in [0.717, 1.165) is 49.9 Å². The van der Waals surface area contributed by atoms with Crippen LogP contribution in [0.4, 0.5) is 0 Å². The molecule has 5 rings (SSSR count). The predicted molar refractivity (Wildman–Crippen MR) is 126 cm³/mol. The molecule has 2 nitrogen and oxygen atoms in total. The first kappa shape index (κ1) is 21.9. The first-order chi connectivity index (χ1) is 14.6. The molecule has 31 heavy (non-hydrogen) atoms. The van der Waals surface area contributed by atoms with Crippen molar-refractivity contribution < 1.29 is 9.90 Å². The van der Waals surface area contributed by atoms with E-state index in [9.17, 15) is 9.90 Å². The van der Waals surface area contributed by atoms with Gasteiger partial charge >= 0.3 is 0 Å². The molecule has 5 aliphatic rings. The maximum Gasteiger partial charge on any atom is 0.143 e. The number of hydrogen-bond donors (Lipinski definition) is 1. The number of carbonyl (C=O) groups excluding carboxylic acids is 1. The predicted octanol–water partition coefficient (Wildman–Crippen LogP) is 6.88. The zero-order chi connectivity index (χ0) is 22.2. The van der Waals surface area contributed by atoms with E-state index in [1.165, 1.54) is 37.7 Å². The molecular weight excluding hydrogens is 380 g/mol. The third-order valence-corrected chi connectivity index (χ3v) is 11.2. The van der Waals surface area contributed by atoms with Crippen LogP contribution in [0.3, 0.4) is 0 Å². The minimum absolute atomic E-state index is 0.0273. The maximum absolute atomic E-state index is 12.8. The molecule has 1 N–H and O–H groups in total. The first-order valence-electron chi connectivity index (χ1n) is 13.2. The van der Waals surface area contributed by atoms with Crippen LogP contribution in [0.25, 0.3) is 0 Å². The lowest BCUT2D eigenvalue weighted by molar-refractivity contribution is -0.128. The van der Waals surface area contributed by atoms with Crippen LogP contribution in [-0.2, 0) is 4.79 Å². The Hall–Kier alpha value is -0.890. The van der Waals surface area contributed by atoms with Crippen LogP contribution in [-0.4, -0.2) is 17.0 Å². The number of hydrogen-bond acceptors (Lipinski definition) is 2. The summed E-state index contributed by atoms with van der Waals surface area (Å²) in [5, 5.41) is 11.0. The third kappa shape index (κ3) is 3.10. The summed E-state index contributed by atoms with van der Waals surface area (Å²) >= 11 is 0. The van der Waals surface area contributed by atoms with Gasteiger partial charge in [0.2, 0.25) is 0 Å². The summed E-state index contributed by atoms with van der Waals surface area (Å²) in [6, 6.07) is 0. The van der Waals surface area contributed by atoms with Crippen LogP contribution in [0, 0.1) is 45.8 Å². The van der Waals surface area contributed by atoms with Gasteiger partial charge < -0.3 is 5.11 Å². The van der Waals surface area contributed by atoms with Gasteiger partial charge in [-0.2, -0.15) is 0 Å². The number of rotatable bonds is 4. The van der Waals surface area contributed by atoms with Crippen molar-refractivity contribution in [2.75, 3.05) is 0 Å². The SMILES string of the molecule is CC(C)=CC[C@@H](O)[C@@H](C)[C@H]1CC[C@H]2[C@@H]3CC=C4C5(CC5)C(=O)CC[C@]4(C)[C@H]3CC[C@]12C.